The molecule has 5 rings (SSSR count). The minimum atomic E-state index is -0.0203. The van der Waals surface area contributed by atoms with Crippen LogP contribution in [0.25, 0.3) is 22.4 Å². The average molecular weight is 453 g/mol. The van der Waals surface area contributed by atoms with Crippen LogP contribution in [-0.2, 0) is 11.3 Å². The molecule has 0 atom stereocenters. The predicted molar refractivity (Wildman–Crippen MR) is 139 cm³/mol. The number of anilines is 1. The number of fused-ring (bicyclic) bond motifs is 1. The summed E-state index contributed by atoms with van der Waals surface area (Å²) in [6.45, 7) is 5.85. The van der Waals surface area contributed by atoms with Crippen LogP contribution in [0.15, 0.2) is 78.9 Å². The van der Waals surface area contributed by atoms with Gasteiger partial charge in [-0.05, 0) is 74.6 Å². The SMILES string of the molecule is CC(=O)Nc1cccc(C2CCN(CCCn3c(-c4ccccc4)nc4ccccc43)CC2)c1. The van der Waals surface area contributed by atoms with Crippen molar-refractivity contribution in [2.75, 3.05) is 25.0 Å². The molecule has 1 aliphatic rings. The van der Waals surface area contributed by atoms with Gasteiger partial charge in [-0.25, -0.2) is 4.98 Å². The van der Waals surface area contributed by atoms with E-state index in [1.807, 2.05) is 12.1 Å². The molecule has 0 aliphatic carbocycles. The van der Waals surface area contributed by atoms with E-state index in [9.17, 15) is 4.79 Å². The van der Waals surface area contributed by atoms with Crippen molar-refractivity contribution < 1.29 is 4.79 Å². The number of rotatable bonds is 7. The second-order valence-corrected chi connectivity index (χ2v) is 9.22. The van der Waals surface area contributed by atoms with Gasteiger partial charge in [0.15, 0.2) is 0 Å². The summed E-state index contributed by atoms with van der Waals surface area (Å²) in [6, 6.07) is 27.3. The van der Waals surface area contributed by atoms with Crippen LogP contribution in [0.2, 0.25) is 0 Å². The highest BCUT2D eigenvalue weighted by atomic mass is 16.1. The first-order valence-corrected chi connectivity index (χ1v) is 12.3. The van der Waals surface area contributed by atoms with Gasteiger partial charge in [0.05, 0.1) is 11.0 Å². The summed E-state index contributed by atoms with van der Waals surface area (Å²) in [6.07, 6.45) is 3.42. The van der Waals surface area contributed by atoms with E-state index in [1.165, 1.54) is 16.6 Å². The Labute approximate surface area is 201 Å². The normalized spacial score (nSPS) is 15.0. The topological polar surface area (TPSA) is 50.2 Å². The molecule has 3 aromatic carbocycles. The number of carbonyl (C=O) groups excluding carboxylic acids is 1. The maximum Gasteiger partial charge on any atom is 0.221 e. The summed E-state index contributed by atoms with van der Waals surface area (Å²) in [5.74, 6) is 1.60. The van der Waals surface area contributed by atoms with E-state index in [-0.39, 0.29) is 5.91 Å². The van der Waals surface area contributed by atoms with Crippen LogP contribution in [0.1, 0.15) is 37.7 Å². The molecular formula is C29H32N4O. The fraction of sp³-hybridized carbons (Fsp3) is 0.310. The third-order valence-electron chi connectivity index (χ3n) is 6.81. The molecule has 1 aliphatic heterocycles. The monoisotopic (exact) mass is 452 g/mol. The Kier molecular flexibility index (Phi) is 6.72. The summed E-state index contributed by atoms with van der Waals surface area (Å²) in [5, 5.41) is 2.91. The smallest absolute Gasteiger partial charge is 0.221 e. The van der Waals surface area contributed by atoms with E-state index in [4.69, 9.17) is 4.98 Å². The molecule has 5 heteroatoms. The van der Waals surface area contributed by atoms with Gasteiger partial charge in [0.25, 0.3) is 0 Å². The van der Waals surface area contributed by atoms with Gasteiger partial charge in [0.2, 0.25) is 5.91 Å². The highest BCUT2D eigenvalue weighted by Crippen LogP contribution is 2.30. The van der Waals surface area contributed by atoms with Crippen LogP contribution in [-0.4, -0.2) is 40.0 Å². The van der Waals surface area contributed by atoms with Crippen LogP contribution in [0.3, 0.4) is 0 Å². The number of nitrogens with one attached hydrogen (secondary N) is 1. The number of imidazole rings is 1. The van der Waals surface area contributed by atoms with Crippen LogP contribution in [0.4, 0.5) is 5.69 Å². The van der Waals surface area contributed by atoms with Crippen LogP contribution in [0.5, 0.6) is 0 Å². The van der Waals surface area contributed by atoms with Crippen molar-refractivity contribution in [3.63, 3.8) is 0 Å². The Hall–Kier alpha value is -3.44. The number of likely N-dealkylation sites (tertiary alicyclic amines) is 1. The predicted octanol–water partition coefficient (Wildman–Crippen LogP) is 5.93. The molecule has 0 saturated carbocycles. The Balaban J connectivity index is 1.20. The van der Waals surface area contributed by atoms with Crippen molar-refractivity contribution in [2.45, 2.75) is 38.6 Å². The molecular weight excluding hydrogens is 420 g/mol. The quantitative estimate of drug-likeness (QED) is 0.378. The standard InChI is InChI=1S/C29H32N4O/c1-22(34)30-26-12-7-11-25(21-26)23-15-19-32(20-16-23)17-8-18-33-28-14-6-5-13-27(28)31-29(33)24-9-3-2-4-10-24/h2-7,9-14,21,23H,8,15-20H2,1H3,(H,30,34). The van der Waals surface area contributed by atoms with Crippen LogP contribution < -0.4 is 5.32 Å². The largest absolute Gasteiger partial charge is 0.326 e. The minimum absolute atomic E-state index is 0.0203. The Bertz CT molecular complexity index is 1260. The fourth-order valence-corrected chi connectivity index (χ4v) is 5.13. The lowest BCUT2D eigenvalue weighted by atomic mass is 9.89. The van der Waals surface area contributed by atoms with Crippen molar-refractivity contribution in [1.29, 1.82) is 0 Å². The number of hydrogen-bond donors (Lipinski definition) is 1. The Morgan fingerprint density at radius 3 is 2.50 bits per heavy atom. The highest BCUT2D eigenvalue weighted by molar-refractivity contribution is 5.88. The number of aromatic nitrogens is 2. The second kappa shape index (κ2) is 10.2. The minimum Gasteiger partial charge on any atom is -0.326 e. The average Bonchev–Trinajstić information content (AvgIpc) is 3.23. The van der Waals surface area contributed by atoms with Crippen molar-refractivity contribution in [3.8, 4) is 11.4 Å². The molecule has 4 aromatic rings. The van der Waals surface area contributed by atoms with Gasteiger partial charge in [-0.3, -0.25) is 4.79 Å². The number of nitrogens with zero attached hydrogens (tertiary/aromatic N) is 3. The summed E-state index contributed by atoms with van der Waals surface area (Å²) < 4.78 is 2.38. The van der Waals surface area contributed by atoms with E-state index in [0.29, 0.717) is 5.92 Å². The third kappa shape index (κ3) is 5.05. The molecule has 174 valence electrons. The zero-order chi connectivity index (χ0) is 23.3. The Morgan fingerprint density at radius 1 is 0.941 bits per heavy atom. The lowest BCUT2D eigenvalue weighted by Gasteiger charge is -2.32. The molecule has 1 saturated heterocycles. The van der Waals surface area contributed by atoms with Crippen LogP contribution >= 0.6 is 0 Å². The van der Waals surface area contributed by atoms with E-state index in [2.05, 4.69) is 81.5 Å². The van der Waals surface area contributed by atoms with E-state index in [1.54, 1.807) is 6.92 Å². The van der Waals surface area contributed by atoms with Gasteiger partial charge >= 0.3 is 0 Å². The molecule has 0 radical (unpaired) electrons. The highest BCUT2D eigenvalue weighted by Gasteiger charge is 2.21. The van der Waals surface area contributed by atoms with Crippen molar-refractivity contribution in [3.05, 3.63) is 84.4 Å². The van der Waals surface area contributed by atoms with E-state index >= 15 is 0 Å². The number of benzene rings is 3. The molecule has 0 bridgehead atoms. The lowest BCUT2D eigenvalue weighted by Crippen LogP contribution is -2.34. The van der Waals surface area contributed by atoms with Crippen molar-refractivity contribution in [1.82, 2.24) is 14.5 Å². The lowest BCUT2D eigenvalue weighted by molar-refractivity contribution is -0.114. The summed E-state index contributed by atoms with van der Waals surface area (Å²) in [5.41, 5.74) is 5.67. The molecule has 5 nitrogen and oxygen atoms in total. The molecule has 0 spiro atoms. The van der Waals surface area contributed by atoms with Crippen molar-refractivity contribution in [2.24, 2.45) is 0 Å². The molecule has 34 heavy (non-hydrogen) atoms. The zero-order valence-corrected chi connectivity index (χ0v) is 19.8. The van der Waals surface area contributed by atoms with E-state index in [0.717, 1.165) is 62.5 Å². The van der Waals surface area contributed by atoms with Crippen LogP contribution in [0, 0.1) is 0 Å². The summed E-state index contributed by atoms with van der Waals surface area (Å²) in [4.78, 5) is 18.9. The number of amides is 1. The molecule has 2 heterocycles. The Morgan fingerprint density at radius 2 is 1.71 bits per heavy atom. The van der Waals surface area contributed by atoms with Gasteiger partial charge in [0.1, 0.15) is 5.82 Å². The number of aryl methyl sites for hydroxylation is 1. The third-order valence-corrected chi connectivity index (χ3v) is 6.81. The molecule has 0 unspecified atom stereocenters. The molecule has 1 aromatic heterocycles. The maximum atomic E-state index is 11.4. The fourth-order valence-electron chi connectivity index (χ4n) is 5.13. The number of para-hydroxylation sites is 2. The van der Waals surface area contributed by atoms with E-state index < -0.39 is 0 Å². The summed E-state index contributed by atoms with van der Waals surface area (Å²) >= 11 is 0. The first-order valence-electron chi connectivity index (χ1n) is 12.3. The van der Waals surface area contributed by atoms with Crippen molar-refractivity contribution >= 4 is 22.6 Å². The van der Waals surface area contributed by atoms with Gasteiger partial charge in [0, 0.05) is 24.7 Å². The van der Waals surface area contributed by atoms with Gasteiger partial charge < -0.3 is 14.8 Å². The first-order chi connectivity index (χ1) is 16.7. The van der Waals surface area contributed by atoms with Gasteiger partial charge in [-0.15, -0.1) is 0 Å². The first kappa shape index (κ1) is 22.4. The maximum absolute atomic E-state index is 11.4. The second-order valence-electron chi connectivity index (χ2n) is 9.22. The number of piperidine rings is 1. The van der Waals surface area contributed by atoms with Gasteiger partial charge in [-0.2, -0.15) is 0 Å². The van der Waals surface area contributed by atoms with Gasteiger partial charge in [-0.1, -0.05) is 54.6 Å². The summed E-state index contributed by atoms with van der Waals surface area (Å²) in [7, 11) is 0. The molecule has 1 N–H and O–H groups in total. The molecule has 1 amide bonds. The number of carbonyl (C=O) groups is 1. The zero-order valence-electron chi connectivity index (χ0n) is 19.8. The molecule has 1 fully saturated rings. The number of hydrogen-bond acceptors (Lipinski definition) is 3.